The number of benzene rings is 1. The van der Waals surface area contributed by atoms with Gasteiger partial charge in [0.05, 0.1) is 45.5 Å². The van der Waals surface area contributed by atoms with Gasteiger partial charge < -0.3 is 10.6 Å². The van der Waals surface area contributed by atoms with Crippen LogP contribution in [0.2, 0.25) is 0 Å². The number of ketones is 2. The summed E-state index contributed by atoms with van der Waals surface area (Å²) in [5.41, 5.74) is -1.19. The van der Waals surface area contributed by atoms with Crippen molar-refractivity contribution in [1.29, 1.82) is 0 Å². The van der Waals surface area contributed by atoms with E-state index in [9.17, 15) is 27.2 Å². The van der Waals surface area contributed by atoms with E-state index in [1.807, 2.05) is 48.6 Å². The molecule has 0 fully saturated rings. The summed E-state index contributed by atoms with van der Waals surface area (Å²) < 4.78 is 58.1. The Balaban J connectivity index is 1.47. The minimum Gasteiger partial charge on any atom is -0.379 e. The molecule has 0 aromatic heterocycles. The molecule has 10 heteroatoms. The van der Waals surface area contributed by atoms with E-state index in [0.29, 0.717) is 11.4 Å². The minimum atomic E-state index is -2.10. The number of hydrogen-bond acceptors (Lipinski definition) is 6. The molecule has 36 heavy (non-hydrogen) atoms. The molecule has 6 unspecified atom stereocenters. The second-order valence-electron chi connectivity index (χ2n) is 9.22. The summed E-state index contributed by atoms with van der Waals surface area (Å²) in [4.78, 5) is 29.0. The maximum absolute atomic E-state index is 14.9. The Morgan fingerprint density at radius 3 is 1.39 bits per heavy atom. The van der Waals surface area contributed by atoms with E-state index in [4.69, 9.17) is 0 Å². The molecule has 0 bridgehead atoms. The second-order valence-corrected chi connectivity index (χ2v) is 11.6. The van der Waals surface area contributed by atoms with Crippen LogP contribution in [0, 0.1) is 35.1 Å². The zero-order valence-electron chi connectivity index (χ0n) is 18.2. The largest absolute Gasteiger partial charge is 0.379 e. The topological polar surface area (TPSA) is 58.2 Å². The lowest BCUT2D eigenvalue weighted by molar-refractivity contribution is 0.0761. The lowest BCUT2D eigenvalue weighted by Crippen LogP contribution is -2.54. The molecule has 0 spiro atoms. The van der Waals surface area contributed by atoms with Gasteiger partial charge in [0.2, 0.25) is 0 Å². The van der Waals surface area contributed by atoms with Crippen LogP contribution in [0.5, 0.6) is 0 Å². The molecule has 1 aromatic carbocycles. The van der Waals surface area contributed by atoms with Gasteiger partial charge in [-0.2, -0.15) is 0 Å². The maximum Gasteiger partial charge on any atom is 0.198 e. The Labute approximate surface area is 211 Å². The first-order valence-electron chi connectivity index (χ1n) is 11.4. The van der Waals surface area contributed by atoms with Crippen LogP contribution in [-0.2, 0) is 0 Å². The fourth-order valence-corrected chi connectivity index (χ4v) is 8.51. The molecule has 0 radical (unpaired) electrons. The van der Waals surface area contributed by atoms with E-state index in [1.165, 1.54) is 23.5 Å². The highest BCUT2D eigenvalue weighted by molar-refractivity contribution is 8.09. The van der Waals surface area contributed by atoms with Crippen molar-refractivity contribution in [3.8, 4) is 0 Å². The van der Waals surface area contributed by atoms with Crippen molar-refractivity contribution in [1.82, 2.24) is 10.6 Å². The molecule has 182 valence electrons. The van der Waals surface area contributed by atoms with Crippen molar-refractivity contribution < 1.29 is 27.2 Å². The zero-order valence-corrected chi connectivity index (χ0v) is 19.9. The average Bonchev–Trinajstić information content (AvgIpc) is 2.90. The Morgan fingerprint density at radius 2 is 0.972 bits per heavy atom. The minimum absolute atomic E-state index is 0.0153. The lowest BCUT2D eigenvalue weighted by atomic mass is 9.68. The Kier molecular flexibility index (Phi) is 4.79. The van der Waals surface area contributed by atoms with Crippen LogP contribution < -0.4 is 10.6 Å². The van der Waals surface area contributed by atoms with Crippen LogP contribution in [0.25, 0.3) is 0 Å². The number of thioether (sulfide) groups is 2. The lowest BCUT2D eigenvalue weighted by Gasteiger charge is -2.48. The summed E-state index contributed by atoms with van der Waals surface area (Å²) in [5, 5.41) is 6.75. The molecule has 6 aliphatic rings. The number of fused-ring (bicyclic) bond motifs is 7. The third-order valence-corrected chi connectivity index (χ3v) is 10.2. The molecule has 0 amide bonds. The number of hydrogen-bond donors (Lipinski definition) is 2. The Morgan fingerprint density at radius 1 is 0.583 bits per heavy atom. The fourth-order valence-electron chi connectivity index (χ4n) is 5.67. The van der Waals surface area contributed by atoms with Gasteiger partial charge in [0.25, 0.3) is 0 Å². The van der Waals surface area contributed by atoms with Crippen molar-refractivity contribution in [2.75, 3.05) is 0 Å². The van der Waals surface area contributed by atoms with Crippen molar-refractivity contribution in [3.63, 3.8) is 0 Å². The molecule has 0 saturated heterocycles. The monoisotopic (exact) mass is 528 g/mol. The highest BCUT2D eigenvalue weighted by Gasteiger charge is 2.55. The van der Waals surface area contributed by atoms with Gasteiger partial charge >= 0.3 is 0 Å². The summed E-state index contributed by atoms with van der Waals surface area (Å²) in [5.74, 6) is -12.2. The van der Waals surface area contributed by atoms with Crippen LogP contribution in [0.4, 0.5) is 17.6 Å². The van der Waals surface area contributed by atoms with Crippen LogP contribution in [0.3, 0.4) is 0 Å². The van der Waals surface area contributed by atoms with Crippen molar-refractivity contribution in [3.05, 3.63) is 104 Å². The van der Waals surface area contributed by atoms with E-state index in [0.717, 1.165) is 9.81 Å². The van der Waals surface area contributed by atoms with Gasteiger partial charge in [-0.15, -0.1) is 23.5 Å². The predicted octanol–water partition coefficient (Wildman–Crippen LogP) is 4.69. The number of carbonyl (C=O) groups excluding carboxylic acids is 2. The number of carbonyl (C=O) groups is 2. The molecule has 2 heterocycles. The molecular formula is C26H16F4N2O2S2. The molecule has 6 atom stereocenters. The van der Waals surface area contributed by atoms with E-state index < -0.39 is 57.8 Å². The molecule has 7 rings (SSSR count). The van der Waals surface area contributed by atoms with Gasteiger partial charge in [-0.05, 0) is 0 Å². The smallest absolute Gasteiger partial charge is 0.198 e. The quantitative estimate of drug-likeness (QED) is 0.290. The normalized spacial score (nSPS) is 33.2. The van der Waals surface area contributed by atoms with Gasteiger partial charge in [-0.3, -0.25) is 9.59 Å². The van der Waals surface area contributed by atoms with Crippen LogP contribution in [0.15, 0.2) is 69.8 Å². The first-order chi connectivity index (χ1) is 17.4. The van der Waals surface area contributed by atoms with E-state index in [1.54, 1.807) is 0 Å². The summed E-state index contributed by atoms with van der Waals surface area (Å²) in [7, 11) is 0. The molecule has 4 nitrogen and oxygen atoms in total. The van der Waals surface area contributed by atoms with Crippen LogP contribution >= 0.6 is 23.5 Å². The van der Waals surface area contributed by atoms with Gasteiger partial charge in [0.15, 0.2) is 34.8 Å². The Hall–Kier alpha value is -2.98. The van der Waals surface area contributed by atoms with Gasteiger partial charge in [-0.25, -0.2) is 17.6 Å². The molecule has 1 aromatic rings. The van der Waals surface area contributed by atoms with E-state index >= 15 is 0 Å². The average molecular weight is 529 g/mol. The molecular weight excluding hydrogens is 512 g/mol. The number of rotatable bonds is 0. The van der Waals surface area contributed by atoms with Gasteiger partial charge in [0.1, 0.15) is 0 Å². The number of allylic oxidation sites excluding steroid dienone is 6. The van der Waals surface area contributed by atoms with Crippen molar-refractivity contribution >= 4 is 35.1 Å². The number of Topliss-reactive ketones (excluding diaryl/α,β-unsaturated/α-hetero) is 2. The second kappa shape index (κ2) is 7.76. The zero-order chi connectivity index (χ0) is 24.9. The van der Waals surface area contributed by atoms with Gasteiger partial charge in [0, 0.05) is 21.2 Å². The molecule has 4 aliphatic carbocycles. The van der Waals surface area contributed by atoms with Gasteiger partial charge in [-0.1, -0.05) is 48.6 Å². The third kappa shape index (κ3) is 2.85. The first kappa shape index (κ1) is 22.2. The number of halogens is 4. The molecule has 0 saturated carbocycles. The van der Waals surface area contributed by atoms with Crippen LogP contribution in [-0.4, -0.2) is 34.2 Å². The van der Waals surface area contributed by atoms with Crippen molar-refractivity contribution in [2.24, 2.45) is 11.8 Å². The van der Waals surface area contributed by atoms with Crippen LogP contribution in [0.1, 0.15) is 20.7 Å². The fraction of sp³-hybridized carbons (Fsp3) is 0.231. The predicted molar refractivity (Wildman–Crippen MR) is 129 cm³/mol. The summed E-state index contributed by atoms with van der Waals surface area (Å²) in [6, 6.07) is -0.381. The highest BCUT2D eigenvalue weighted by Crippen LogP contribution is 2.56. The van der Waals surface area contributed by atoms with E-state index in [2.05, 4.69) is 10.6 Å². The molecule has 2 N–H and O–H groups in total. The summed E-state index contributed by atoms with van der Waals surface area (Å²) in [6.07, 6.45) is 15.5. The SMILES string of the molecule is O=C1c2c(F)c(F)c(F)c(F)c2C(=O)C2C3=C(SC4C=CC=CC4N3)C3=C(NC4C=CC=CC4S3)C12. The summed E-state index contributed by atoms with van der Waals surface area (Å²) in [6.45, 7) is 0. The summed E-state index contributed by atoms with van der Waals surface area (Å²) >= 11 is 3.06. The third-order valence-electron chi connectivity index (χ3n) is 7.30. The van der Waals surface area contributed by atoms with E-state index in [-0.39, 0.29) is 22.6 Å². The van der Waals surface area contributed by atoms with Crippen molar-refractivity contribution in [2.45, 2.75) is 22.6 Å². The number of nitrogens with one attached hydrogen (secondary N) is 2. The molecule has 2 aliphatic heterocycles. The highest BCUT2D eigenvalue weighted by atomic mass is 32.2. The Bertz CT molecular complexity index is 1370. The first-order valence-corrected chi connectivity index (χ1v) is 13.1. The maximum atomic E-state index is 14.9. The standard InChI is InChI=1S/C26H16F4N2O2S2/c27-17-13-14(18(28)20(30)19(17)29)24(34)16-15(23(13)33)21-25(35-11-7-3-1-5-9(11)31-21)26-22(16)32-10-6-2-4-8-12(10)36-26/h1-12,15-16,31-32H.